The van der Waals surface area contributed by atoms with E-state index in [0.717, 1.165) is 34.0 Å². The van der Waals surface area contributed by atoms with Crippen molar-refractivity contribution in [3.63, 3.8) is 0 Å². The number of fused-ring (bicyclic) bond motifs is 1. The van der Waals surface area contributed by atoms with Gasteiger partial charge in [-0.3, -0.25) is 19.2 Å². The molecule has 6 aromatic rings. The van der Waals surface area contributed by atoms with E-state index >= 15 is 0 Å². The van der Waals surface area contributed by atoms with Crippen molar-refractivity contribution in [1.82, 2.24) is 21.3 Å². The maximum Gasteiger partial charge on any atom is 0.339 e. The lowest BCUT2D eigenvalue weighted by Crippen LogP contribution is -2.57. The van der Waals surface area contributed by atoms with Gasteiger partial charge in [0.15, 0.2) is 0 Å². The third kappa shape index (κ3) is 13.6. The fourth-order valence-electron chi connectivity index (χ4n) is 7.11. The van der Waals surface area contributed by atoms with Crippen LogP contribution in [0.4, 0.5) is 11.4 Å². The summed E-state index contributed by atoms with van der Waals surface area (Å²) in [7, 11) is 0. The van der Waals surface area contributed by atoms with Crippen molar-refractivity contribution < 1.29 is 49.2 Å². The molecule has 3 atom stereocenters. The zero-order chi connectivity index (χ0) is 47.0. The minimum atomic E-state index is -1.36. The van der Waals surface area contributed by atoms with Crippen LogP contribution < -0.4 is 21.3 Å². The minimum absolute atomic E-state index is 0.00613. The van der Waals surface area contributed by atoms with Gasteiger partial charge in [-0.15, -0.1) is 0 Å². The summed E-state index contributed by atoms with van der Waals surface area (Å²) in [6, 6.07) is 35.4. The van der Waals surface area contributed by atoms with E-state index < -0.39 is 59.4 Å². The van der Waals surface area contributed by atoms with Gasteiger partial charge in [-0.05, 0) is 83.1 Å². The Balaban J connectivity index is 1.06. The van der Waals surface area contributed by atoms with E-state index in [4.69, 9.17) is 0 Å². The maximum atomic E-state index is 14.1. The Morgan fingerprint density at radius 3 is 1.64 bits per heavy atom. The lowest BCUT2D eigenvalue weighted by atomic mass is 10.0. The average Bonchev–Trinajstić information content (AvgIpc) is 3.31. The second-order valence-electron chi connectivity index (χ2n) is 15.5. The highest BCUT2D eigenvalue weighted by atomic mass is 16.4. The summed E-state index contributed by atoms with van der Waals surface area (Å²) < 4.78 is 0. The van der Waals surface area contributed by atoms with Crippen LogP contribution in [-0.4, -0.2) is 80.7 Å². The molecule has 4 amide bonds. The number of aliphatic carboxylic acids is 1. The maximum absolute atomic E-state index is 14.1. The number of carbonyl (C=O) groups is 6. The Labute approximate surface area is 379 Å². The molecule has 0 spiro atoms. The van der Waals surface area contributed by atoms with E-state index in [1.165, 1.54) is 24.3 Å². The smallest absolute Gasteiger partial charge is 0.339 e. The van der Waals surface area contributed by atoms with Crippen molar-refractivity contribution in [3.8, 4) is 11.5 Å². The minimum Gasteiger partial charge on any atom is -0.507 e. The summed E-state index contributed by atoms with van der Waals surface area (Å²) in [5.74, 6) is -5.86. The van der Waals surface area contributed by atoms with Crippen LogP contribution in [0.2, 0.25) is 0 Å². The number of unbranched alkanes of at least 4 members (excludes halogenated alkanes) is 1. The van der Waals surface area contributed by atoms with Crippen LogP contribution in [0.3, 0.4) is 0 Å². The van der Waals surface area contributed by atoms with Gasteiger partial charge < -0.3 is 41.7 Å². The van der Waals surface area contributed by atoms with Crippen LogP contribution in [0.25, 0.3) is 10.8 Å². The Hall–Kier alpha value is -8.40. The van der Waals surface area contributed by atoms with Crippen LogP contribution in [-0.2, 0) is 38.4 Å². The number of nitrogens with zero attached hydrogens (tertiary/aromatic N) is 2. The number of carboxylic acid groups (broad SMARTS) is 2. The molecule has 338 valence electrons. The van der Waals surface area contributed by atoms with Gasteiger partial charge in [-0.25, -0.2) is 9.59 Å². The van der Waals surface area contributed by atoms with Crippen molar-refractivity contribution in [2.75, 3.05) is 6.54 Å². The second-order valence-corrected chi connectivity index (χ2v) is 15.5. The summed E-state index contributed by atoms with van der Waals surface area (Å²) in [5, 5.41) is 60.3. The summed E-state index contributed by atoms with van der Waals surface area (Å²) in [6.45, 7) is 0.0812. The third-order valence-electron chi connectivity index (χ3n) is 10.6. The zero-order valence-corrected chi connectivity index (χ0v) is 35.6. The number of phenolic OH excluding ortho intramolecular Hbond substituents is 1. The van der Waals surface area contributed by atoms with E-state index in [-0.39, 0.29) is 66.9 Å². The predicted octanol–water partition coefficient (Wildman–Crippen LogP) is 6.53. The number of rotatable bonds is 21. The van der Waals surface area contributed by atoms with Crippen LogP contribution in [0.5, 0.6) is 11.5 Å². The molecular weight excluding hydrogens is 845 g/mol. The monoisotopic (exact) mass is 892 g/mol. The third-order valence-corrected chi connectivity index (χ3v) is 10.6. The zero-order valence-electron chi connectivity index (χ0n) is 35.6. The first kappa shape index (κ1) is 47.1. The topological polar surface area (TPSA) is 256 Å². The Bertz CT molecular complexity index is 2730. The van der Waals surface area contributed by atoms with Crippen molar-refractivity contribution in [2.24, 2.45) is 10.2 Å². The van der Waals surface area contributed by atoms with Crippen LogP contribution in [0.1, 0.15) is 56.7 Å². The molecule has 0 saturated heterocycles. The summed E-state index contributed by atoms with van der Waals surface area (Å²) in [6.07, 6.45) is 0.678. The van der Waals surface area contributed by atoms with Gasteiger partial charge in [-0.2, -0.15) is 10.2 Å². The Kier molecular flexibility index (Phi) is 16.3. The molecule has 16 nitrogen and oxygen atoms in total. The van der Waals surface area contributed by atoms with Gasteiger partial charge in [0.05, 0.1) is 23.4 Å². The van der Waals surface area contributed by atoms with Crippen molar-refractivity contribution in [1.29, 1.82) is 0 Å². The molecule has 6 rings (SSSR count). The molecule has 16 heteroatoms. The number of nitrogens with one attached hydrogen (secondary N) is 4. The van der Waals surface area contributed by atoms with Gasteiger partial charge in [0.25, 0.3) is 5.91 Å². The molecule has 0 heterocycles. The van der Waals surface area contributed by atoms with Gasteiger partial charge in [-0.1, -0.05) is 103 Å². The van der Waals surface area contributed by atoms with Gasteiger partial charge in [0, 0.05) is 19.4 Å². The first-order chi connectivity index (χ1) is 31.8. The highest BCUT2D eigenvalue weighted by Gasteiger charge is 2.30. The largest absolute Gasteiger partial charge is 0.507 e. The van der Waals surface area contributed by atoms with Crippen molar-refractivity contribution in [2.45, 2.75) is 56.7 Å². The van der Waals surface area contributed by atoms with Crippen LogP contribution in [0.15, 0.2) is 150 Å². The highest BCUT2D eigenvalue weighted by Crippen LogP contribution is 2.28. The number of benzene rings is 6. The molecule has 6 aromatic carbocycles. The van der Waals surface area contributed by atoms with Gasteiger partial charge in [0.2, 0.25) is 17.7 Å². The molecule has 0 fully saturated rings. The normalized spacial score (nSPS) is 12.4. The number of aromatic carboxylic acids is 1. The average molecular weight is 893 g/mol. The first-order valence-corrected chi connectivity index (χ1v) is 21.1. The van der Waals surface area contributed by atoms with E-state index in [0.29, 0.717) is 12.0 Å². The Morgan fingerprint density at radius 1 is 0.515 bits per heavy atom. The van der Waals surface area contributed by atoms with Crippen molar-refractivity contribution >= 4 is 57.7 Å². The van der Waals surface area contributed by atoms with Crippen molar-refractivity contribution in [3.05, 3.63) is 167 Å². The number of amides is 4. The van der Waals surface area contributed by atoms with E-state index in [2.05, 4.69) is 31.5 Å². The first-order valence-electron chi connectivity index (χ1n) is 21.1. The highest BCUT2D eigenvalue weighted by molar-refractivity contribution is 5.98. The molecule has 0 saturated carbocycles. The quantitative estimate of drug-likeness (QED) is 0.0286. The standard InChI is InChI=1S/C50H48N6O10/c57-43-22-20-36(55-56-37-21-23-44(58)39(30-37)49(63)64)29-38(43)46(60)51-24-10-9-17-40(50(65)66)53-48(62)42(27-32-13-5-2-6-14-32)54-47(61)41(26-31-11-3-1-4-12-31)52-45(59)28-33-18-19-34-15-7-8-16-35(34)25-33/h1-8,11-16,18-23,25,29-30,40-42,57-58H,9-10,17,24,26-28H2,(H,51,60)(H,52,59)(H,53,62)(H,54,61)(H,63,64)(H,65,66)/t40-,41-,42-/m1/s1. The molecule has 0 bridgehead atoms. The summed E-state index contributed by atoms with van der Waals surface area (Å²) in [4.78, 5) is 78.3. The number of carbonyl (C=O) groups excluding carboxylic acids is 4. The molecule has 8 N–H and O–H groups in total. The molecule has 66 heavy (non-hydrogen) atoms. The number of hydrogen-bond acceptors (Lipinski definition) is 10. The molecule has 0 radical (unpaired) electrons. The summed E-state index contributed by atoms with van der Waals surface area (Å²) >= 11 is 0. The SMILES string of the molecule is O=C(Cc1ccc2ccccc2c1)N[C@H](Cc1ccccc1)C(=O)N[C@H](Cc1ccccc1)C(=O)N[C@H](CCCCNC(=O)c1cc(N=Nc2ccc(O)c(C(=O)O)c2)ccc1O)C(=O)O. The number of carboxylic acids is 2. The fraction of sp³-hybridized carbons (Fsp3) is 0.200. The van der Waals surface area contributed by atoms with Gasteiger partial charge >= 0.3 is 11.9 Å². The van der Waals surface area contributed by atoms with E-state index in [9.17, 15) is 49.2 Å². The summed E-state index contributed by atoms with van der Waals surface area (Å²) in [5.41, 5.74) is 2.02. The van der Waals surface area contributed by atoms with Crippen LogP contribution >= 0.6 is 0 Å². The molecule has 0 aliphatic carbocycles. The number of aromatic hydroxyl groups is 2. The molecule has 0 unspecified atom stereocenters. The fourth-order valence-corrected chi connectivity index (χ4v) is 7.11. The predicted molar refractivity (Wildman–Crippen MR) is 245 cm³/mol. The number of hydrogen-bond donors (Lipinski definition) is 8. The number of phenols is 2. The van der Waals surface area contributed by atoms with E-state index in [1.807, 2.05) is 72.8 Å². The Morgan fingerprint density at radius 2 is 1.05 bits per heavy atom. The second kappa shape index (κ2) is 22.8. The molecule has 0 aliphatic rings. The van der Waals surface area contributed by atoms with E-state index in [1.54, 1.807) is 30.3 Å². The van der Waals surface area contributed by atoms with Crippen LogP contribution in [0, 0.1) is 0 Å². The lowest BCUT2D eigenvalue weighted by molar-refractivity contribution is -0.142. The molecule has 0 aromatic heterocycles. The lowest BCUT2D eigenvalue weighted by Gasteiger charge is -2.25. The molecular formula is C50H48N6O10. The van der Waals surface area contributed by atoms with Gasteiger partial charge in [0.1, 0.15) is 35.2 Å². The number of azo groups is 1. The molecule has 0 aliphatic heterocycles.